The van der Waals surface area contributed by atoms with Crippen LogP contribution in [-0.2, 0) is 6.54 Å². The van der Waals surface area contributed by atoms with Crippen molar-refractivity contribution in [2.45, 2.75) is 32.1 Å². The van der Waals surface area contributed by atoms with Gasteiger partial charge in [0.1, 0.15) is 11.0 Å². The molecule has 1 heterocycles. The number of nitrogens with zero attached hydrogens (tertiary/aromatic N) is 2. The Hall–Kier alpha value is -0.700. The molecule has 0 spiro atoms. The second-order valence-electron chi connectivity index (χ2n) is 4.16. The minimum atomic E-state index is -4.48. The second kappa shape index (κ2) is 7.35. The van der Waals surface area contributed by atoms with Crippen molar-refractivity contribution in [3.63, 3.8) is 0 Å². The number of aromatic nitrogens is 2. The standard InChI is InChI=1S/C11H15BrF3N3OS/c1-3-7(5-20-2)17-8-4-16-18(6-11(13,14)15)10(19)9(8)12/h4,7,17H,3,5-6H2,1-2H3. The molecule has 0 aliphatic heterocycles. The van der Waals surface area contributed by atoms with Gasteiger partial charge in [0.15, 0.2) is 0 Å². The van der Waals surface area contributed by atoms with Crippen LogP contribution in [0.5, 0.6) is 0 Å². The molecule has 0 saturated carbocycles. The van der Waals surface area contributed by atoms with E-state index in [9.17, 15) is 18.0 Å². The predicted molar refractivity (Wildman–Crippen MR) is 78.3 cm³/mol. The fraction of sp³-hybridized carbons (Fsp3) is 0.636. The Bertz CT molecular complexity index is 507. The topological polar surface area (TPSA) is 46.9 Å². The zero-order valence-corrected chi connectivity index (χ0v) is 13.4. The minimum absolute atomic E-state index is 0.0660. The highest BCUT2D eigenvalue weighted by atomic mass is 79.9. The van der Waals surface area contributed by atoms with Crippen molar-refractivity contribution < 1.29 is 13.2 Å². The first-order chi connectivity index (χ1) is 9.28. The first-order valence-corrected chi connectivity index (χ1v) is 8.05. The van der Waals surface area contributed by atoms with Gasteiger partial charge < -0.3 is 5.32 Å². The van der Waals surface area contributed by atoms with E-state index in [0.29, 0.717) is 10.4 Å². The fourth-order valence-electron chi connectivity index (χ4n) is 1.53. The van der Waals surface area contributed by atoms with Gasteiger partial charge in [-0.2, -0.15) is 30.0 Å². The summed E-state index contributed by atoms with van der Waals surface area (Å²) in [5.74, 6) is 0.828. The zero-order chi connectivity index (χ0) is 15.3. The number of thioether (sulfide) groups is 1. The quantitative estimate of drug-likeness (QED) is 0.831. The Balaban J connectivity index is 2.97. The SMILES string of the molecule is CCC(CSC)Nc1cnn(CC(F)(F)F)c(=O)c1Br. The highest BCUT2D eigenvalue weighted by Crippen LogP contribution is 2.21. The number of hydrogen-bond acceptors (Lipinski definition) is 4. The van der Waals surface area contributed by atoms with E-state index >= 15 is 0 Å². The van der Waals surface area contributed by atoms with Gasteiger partial charge in [0.2, 0.25) is 0 Å². The molecule has 1 atom stereocenters. The van der Waals surface area contributed by atoms with Crippen molar-refractivity contribution in [2.24, 2.45) is 0 Å². The first kappa shape index (κ1) is 17.4. The number of halogens is 4. The molecule has 1 aromatic heterocycles. The van der Waals surface area contributed by atoms with Crippen LogP contribution in [0, 0.1) is 0 Å². The molecule has 1 rings (SSSR count). The molecule has 1 aromatic rings. The molecule has 4 nitrogen and oxygen atoms in total. The van der Waals surface area contributed by atoms with Gasteiger partial charge >= 0.3 is 6.18 Å². The van der Waals surface area contributed by atoms with Crippen LogP contribution >= 0.6 is 27.7 Å². The summed E-state index contributed by atoms with van der Waals surface area (Å²) in [6, 6.07) is 0.126. The summed E-state index contributed by atoms with van der Waals surface area (Å²) in [6.45, 7) is 0.590. The molecule has 0 amide bonds. The maximum absolute atomic E-state index is 12.3. The van der Waals surface area contributed by atoms with Gasteiger partial charge in [0.25, 0.3) is 5.56 Å². The van der Waals surface area contributed by atoms with E-state index in [2.05, 4.69) is 26.3 Å². The van der Waals surface area contributed by atoms with Gasteiger partial charge in [-0.3, -0.25) is 4.79 Å². The van der Waals surface area contributed by atoms with Crippen molar-refractivity contribution >= 4 is 33.4 Å². The normalized spacial score (nSPS) is 13.3. The summed E-state index contributed by atoms with van der Waals surface area (Å²) >= 11 is 4.68. The highest BCUT2D eigenvalue weighted by Gasteiger charge is 2.29. The first-order valence-electron chi connectivity index (χ1n) is 5.86. The van der Waals surface area contributed by atoms with E-state index < -0.39 is 18.3 Å². The van der Waals surface area contributed by atoms with Crippen LogP contribution in [0.15, 0.2) is 15.5 Å². The van der Waals surface area contributed by atoms with Crippen molar-refractivity contribution in [3.05, 3.63) is 21.0 Å². The average Bonchev–Trinajstić information content (AvgIpc) is 2.36. The Morgan fingerprint density at radius 2 is 2.20 bits per heavy atom. The summed E-state index contributed by atoms with van der Waals surface area (Å²) in [4.78, 5) is 11.8. The summed E-state index contributed by atoms with van der Waals surface area (Å²) in [5.41, 5.74) is -0.388. The number of nitrogens with one attached hydrogen (secondary N) is 1. The van der Waals surface area contributed by atoms with Gasteiger partial charge in [0.05, 0.1) is 11.9 Å². The highest BCUT2D eigenvalue weighted by molar-refractivity contribution is 9.10. The molecule has 0 aliphatic carbocycles. The molecule has 0 radical (unpaired) electrons. The largest absolute Gasteiger partial charge is 0.408 e. The van der Waals surface area contributed by atoms with Crippen LogP contribution in [0.1, 0.15) is 13.3 Å². The summed E-state index contributed by atoms with van der Waals surface area (Å²) < 4.78 is 37.3. The maximum atomic E-state index is 12.3. The van der Waals surface area contributed by atoms with E-state index in [1.165, 1.54) is 6.20 Å². The predicted octanol–water partition coefficient (Wildman–Crippen LogP) is 3.12. The van der Waals surface area contributed by atoms with Gasteiger partial charge in [-0.1, -0.05) is 6.92 Å². The molecule has 0 aliphatic rings. The molecule has 20 heavy (non-hydrogen) atoms. The number of alkyl halides is 3. The van der Waals surface area contributed by atoms with Crippen molar-refractivity contribution in [2.75, 3.05) is 17.3 Å². The Kier molecular flexibility index (Phi) is 6.38. The molecule has 1 unspecified atom stereocenters. The molecular formula is C11H15BrF3N3OS. The van der Waals surface area contributed by atoms with Gasteiger partial charge in [-0.05, 0) is 28.6 Å². The molecule has 0 fully saturated rings. The average molecular weight is 374 g/mol. The fourth-order valence-corrected chi connectivity index (χ4v) is 2.67. The summed E-state index contributed by atoms with van der Waals surface area (Å²) in [6.07, 6.45) is -0.450. The van der Waals surface area contributed by atoms with Crippen molar-refractivity contribution in [1.29, 1.82) is 0 Å². The third kappa shape index (κ3) is 5.01. The molecule has 0 bridgehead atoms. The number of anilines is 1. The van der Waals surface area contributed by atoms with Crippen LogP contribution in [0.3, 0.4) is 0 Å². The number of rotatable bonds is 6. The monoisotopic (exact) mass is 373 g/mol. The Labute approximate surface area is 127 Å². The van der Waals surface area contributed by atoms with E-state index in [0.717, 1.165) is 12.2 Å². The van der Waals surface area contributed by atoms with E-state index in [4.69, 9.17) is 0 Å². The number of hydrogen-bond donors (Lipinski definition) is 1. The summed E-state index contributed by atoms with van der Waals surface area (Å²) in [7, 11) is 0. The lowest BCUT2D eigenvalue weighted by atomic mass is 10.2. The van der Waals surface area contributed by atoms with Gasteiger partial charge in [0, 0.05) is 11.8 Å². The lowest BCUT2D eigenvalue weighted by Gasteiger charge is -2.18. The third-order valence-electron chi connectivity index (χ3n) is 2.53. The molecule has 114 valence electrons. The van der Waals surface area contributed by atoms with Crippen molar-refractivity contribution in [3.8, 4) is 0 Å². The van der Waals surface area contributed by atoms with Crippen molar-refractivity contribution in [1.82, 2.24) is 9.78 Å². The third-order valence-corrected chi connectivity index (χ3v) is 4.04. The van der Waals surface area contributed by atoms with E-state index in [1.54, 1.807) is 11.8 Å². The van der Waals surface area contributed by atoms with Crippen LogP contribution in [0.25, 0.3) is 0 Å². The molecule has 0 aromatic carbocycles. The van der Waals surface area contributed by atoms with Crippen LogP contribution < -0.4 is 10.9 Å². The molecule has 9 heteroatoms. The van der Waals surface area contributed by atoms with Gasteiger partial charge in [-0.15, -0.1) is 0 Å². The van der Waals surface area contributed by atoms with Crippen LogP contribution in [-0.4, -0.2) is 34.0 Å². The second-order valence-corrected chi connectivity index (χ2v) is 5.86. The molecule has 1 N–H and O–H groups in total. The van der Waals surface area contributed by atoms with Gasteiger partial charge in [-0.25, -0.2) is 4.68 Å². The Morgan fingerprint density at radius 3 is 2.70 bits per heavy atom. The smallest absolute Gasteiger partial charge is 0.379 e. The summed E-state index contributed by atoms with van der Waals surface area (Å²) in [5, 5.41) is 6.66. The molecule has 0 saturated heterocycles. The Morgan fingerprint density at radius 1 is 1.55 bits per heavy atom. The lowest BCUT2D eigenvalue weighted by molar-refractivity contribution is -0.143. The molecular weight excluding hydrogens is 359 g/mol. The van der Waals surface area contributed by atoms with Crippen LogP contribution in [0.4, 0.5) is 18.9 Å². The lowest BCUT2D eigenvalue weighted by Crippen LogP contribution is -2.32. The zero-order valence-electron chi connectivity index (χ0n) is 11.0. The van der Waals surface area contributed by atoms with Crippen LogP contribution in [0.2, 0.25) is 0 Å². The van der Waals surface area contributed by atoms with E-state index in [1.807, 2.05) is 13.2 Å². The minimum Gasteiger partial charge on any atom is -0.379 e. The maximum Gasteiger partial charge on any atom is 0.408 e. The van der Waals surface area contributed by atoms with E-state index in [-0.39, 0.29) is 10.5 Å².